The van der Waals surface area contributed by atoms with Crippen molar-refractivity contribution in [2.24, 2.45) is 0 Å². The number of rotatable bonds is 3. The van der Waals surface area contributed by atoms with E-state index < -0.39 is 11.7 Å². The van der Waals surface area contributed by atoms with Gasteiger partial charge in [0.05, 0.1) is 18.5 Å². The van der Waals surface area contributed by atoms with Crippen molar-refractivity contribution in [3.63, 3.8) is 0 Å². The molecular formula is C18H14F3NO. The van der Waals surface area contributed by atoms with Gasteiger partial charge in [0.25, 0.3) is 0 Å². The molecular weight excluding hydrogens is 303 g/mol. The Morgan fingerprint density at radius 3 is 2.48 bits per heavy atom. The Morgan fingerprint density at radius 1 is 1.04 bits per heavy atom. The summed E-state index contributed by atoms with van der Waals surface area (Å²) in [5.74, 6) is 5.07. The van der Waals surface area contributed by atoms with Crippen LogP contribution in [0.15, 0.2) is 54.6 Å². The zero-order valence-electron chi connectivity index (χ0n) is 12.2. The third kappa shape index (κ3) is 5.51. The number of alkyl halides is 3. The second-order valence-corrected chi connectivity index (χ2v) is 4.82. The fraction of sp³-hybridized carbons (Fsp3) is 0.167. The van der Waals surface area contributed by atoms with E-state index in [1.165, 1.54) is 12.1 Å². The first-order valence-electron chi connectivity index (χ1n) is 6.92. The van der Waals surface area contributed by atoms with E-state index in [2.05, 4.69) is 17.2 Å². The normalized spacial score (nSPS) is 10.6. The highest BCUT2D eigenvalue weighted by Gasteiger charge is 2.30. The SMILES string of the molecule is O=C(Cc1ccccc1)NCC#Cc1cccc(C(F)(F)F)c1. The Bertz CT molecular complexity index is 727. The number of carbonyl (C=O) groups is 1. The molecule has 2 aromatic rings. The van der Waals surface area contributed by atoms with Crippen LogP contribution in [0.25, 0.3) is 0 Å². The van der Waals surface area contributed by atoms with Crippen molar-refractivity contribution >= 4 is 5.91 Å². The molecule has 0 saturated carbocycles. The number of halogens is 3. The minimum atomic E-state index is -4.39. The van der Waals surface area contributed by atoms with Crippen molar-refractivity contribution in [3.8, 4) is 11.8 Å². The molecule has 0 fully saturated rings. The second-order valence-electron chi connectivity index (χ2n) is 4.82. The van der Waals surface area contributed by atoms with Crippen LogP contribution in [0, 0.1) is 11.8 Å². The Balaban J connectivity index is 1.87. The van der Waals surface area contributed by atoms with Gasteiger partial charge in [-0.15, -0.1) is 0 Å². The first-order chi connectivity index (χ1) is 10.9. The maximum absolute atomic E-state index is 12.6. The van der Waals surface area contributed by atoms with Crippen LogP contribution in [-0.2, 0) is 17.4 Å². The van der Waals surface area contributed by atoms with E-state index in [9.17, 15) is 18.0 Å². The van der Waals surface area contributed by atoms with Crippen molar-refractivity contribution in [1.82, 2.24) is 5.32 Å². The van der Waals surface area contributed by atoms with Crippen molar-refractivity contribution in [3.05, 3.63) is 71.3 Å². The largest absolute Gasteiger partial charge is 0.416 e. The summed E-state index contributed by atoms with van der Waals surface area (Å²) in [5.41, 5.74) is 0.408. The topological polar surface area (TPSA) is 29.1 Å². The summed E-state index contributed by atoms with van der Waals surface area (Å²) in [6, 6.07) is 14.0. The molecule has 2 aromatic carbocycles. The third-order valence-corrected chi connectivity index (χ3v) is 3.00. The van der Waals surface area contributed by atoms with Crippen LogP contribution in [0.4, 0.5) is 13.2 Å². The molecule has 0 unspecified atom stereocenters. The average Bonchev–Trinajstić information content (AvgIpc) is 2.52. The van der Waals surface area contributed by atoms with E-state index in [0.717, 1.165) is 17.7 Å². The highest BCUT2D eigenvalue weighted by atomic mass is 19.4. The molecule has 0 spiro atoms. The molecule has 0 aromatic heterocycles. The Labute approximate surface area is 132 Å². The summed E-state index contributed by atoms with van der Waals surface area (Å²) in [7, 11) is 0. The van der Waals surface area contributed by atoms with Crippen molar-refractivity contribution in [1.29, 1.82) is 0 Å². The molecule has 0 aliphatic carbocycles. The number of amides is 1. The molecule has 0 aliphatic heterocycles. The highest BCUT2D eigenvalue weighted by molar-refractivity contribution is 5.78. The van der Waals surface area contributed by atoms with Gasteiger partial charge >= 0.3 is 6.18 Å². The molecule has 0 bridgehead atoms. The van der Waals surface area contributed by atoms with E-state index in [-0.39, 0.29) is 24.4 Å². The zero-order chi connectivity index (χ0) is 16.7. The van der Waals surface area contributed by atoms with Gasteiger partial charge in [-0.05, 0) is 23.8 Å². The van der Waals surface area contributed by atoms with E-state index in [4.69, 9.17) is 0 Å². The van der Waals surface area contributed by atoms with Gasteiger partial charge in [-0.3, -0.25) is 4.79 Å². The molecule has 5 heteroatoms. The lowest BCUT2D eigenvalue weighted by molar-refractivity contribution is -0.137. The van der Waals surface area contributed by atoms with Gasteiger partial charge in [0.1, 0.15) is 0 Å². The lowest BCUT2D eigenvalue weighted by atomic mass is 10.1. The predicted octanol–water partition coefficient (Wildman–Crippen LogP) is 3.42. The lowest BCUT2D eigenvalue weighted by Gasteiger charge is -2.05. The molecule has 2 nitrogen and oxygen atoms in total. The number of hydrogen-bond acceptors (Lipinski definition) is 1. The molecule has 0 heterocycles. The van der Waals surface area contributed by atoms with Crippen molar-refractivity contribution in [2.75, 3.05) is 6.54 Å². The maximum atomic E-state index is 12.6. The molecule has 118 valence electrons. The number of benzene rings is 2. The second kappa shape index (κ2) is 7.50. The van der Waals surface area contributed by atoms with Gasteiger partial charge in [0.15, 0.2) is 0 Å². The van der Waals surface area contributed by atoms with Gasteiger partial charge in [0, 0.05) is 5.56 Å². The summed E-state index contributed by atoms with van der Waals surface area (Å²) >= 11 is 0. The lowest BCUT2D eigenvalue weighted by Crippen LogP contribution is -2.25. The first-order valence-corrected chi connectivity index (χ1v) is 6.92. The van der Waals surface area contributed by atoms with E-state index in [1.54, 1.807) is 0 Å². The van der Waals surface area contributed by atoms with E-state index in [0.29, 0.717) is 0 Å². The summed E-state index contributed by atoms with van der Waals surface area (Å²) in [4.78, 5) is 11.7. The number of carbonyl (C=O) groups excluding carboxylic acids is 1. The monoisotopic (exact) mass is 317 g/mol. The summed E-state index contributed by atoms with van der Waals surface area (Å²) in [6.45, 7) is 0.0852. The van der Waals surface area contributed by atoms with Crippen LogP contribution < -0.4 is 5.32 Å². The van der Waals surface area contributed by atoms with Gasteiger partial charge in [-0.1, -0.05) is 48.2 Å². The molecule has 0 aliphatic rings. The Hall–Kier alpha value is -2.74. The van der Waals surface area contributed by atoms with Gasteiger partial charge in [-0.2, -0.15) is 13.2 Å². The fourth-order valence-corrected chi connectivity index (χ4v) is 1.91. The molecule has 0 saturated heterocycles. The van der Waals surface area contributed by atoms with Crippen LogP contribution in [0.2, 0.25) is 0 Å². The highest BCUT2D eigenvalue weighted by Crippen LogP contribution is 2.29. The summed E-state index contributed by atoms with van der Waals surface area (Å²) in [5, 5.41) is 2.61. The van der Waals surface area contributed by atoms with Crippen LogP contribution in [0.1, 0.15) is 16.7 Å². The van der Waals surface area contributed by atoms with E-state index >= 15 is 0 Å². The Morgan fingerprint density at radius 2 is 1.78 bits per heavy atom. The molecule has 23 heavy (non-hydrogen) atoms. The van der Waals surface area contributed by atoms with Crippen molar-refractivity contribution in [2.45, 2.75) is 12.6 Å². The van der Waals surface area contributed by atoms with E-state index in [1.807, 2.05) is 30.3 Å². The van der Waals surface area contributed by atoms with Crippen molar-refractivity contribution < 1.29 is 18.0 Å². The molecule has 1 N–H and O–H groups in total. The predicted molar refractivity (Wildman–Crippen MR) is 81.5 cm³/mol. The molecule has 2 rings (SSSR count). The van der Waals surface area contributed by atoms with Crippen LogP contribution in [0.5, 0.6) is 0 Å². The quantitative estimate of drug-likeness (QED) is 0.864. The van der Waals surface area contributed by atoms with Gasteiger partial charge in [0.2, 0.25) is 5.91 Å². The molecule has 0 radical (unpaired) electrons. The third-order valence-electron chi connectivity index (χ3n) is 3.00. The maximum Gasteiger partial charge on any atom is 0.416 e. The number of hydrogen-bond donors (Lipinski definition) is 1. The number of nitrogens with one attached hydrogen (secondary N) is 1. The molecule has 1 amide bonds. The van der Waals surface area contributed by atoms with Gasteiger partial charge in [-0.25, -0.2) is 0 Å². The average molecular weight is 317 g/mol. The zero-order valence-corrected chi connectivity index (χ0v) is 12.2. The Kier molecular flexibility index (Phi) is 5.42. The molecule has 0 atom stereocenters. The summed E-state index contributed by atoms with van der Waals surface area (Å²) < 4.78 is 37.7. The first kappa shape index (κ1) is 16.6. The minimum absolute atomic E-state index is 0.0852. The fourth-order valence-electron chi connectivity index (χ4n) is 1.91. The van der Waals surface area contributed by atoms with Crippen LogP contribution in [-0.4, -0.2) is 12.5 Å². The summed E-state index contributed by atoms with van der Waals surface area (Å²) in [6.07, 6.45) is -4.15. The van der Waals surface area contributed by atoms with Crippen LogP contribution in [0.3, 0.4) is 0 Å². The van der Waals surface area contributed by atoms with Crippen LogP contribution >= 0.6 is 0 Å². The minimum Gasteiger partial charge on any atom is -0.345 e. The standard InChI is InChI=1S/C18H14F3NO/c19-18(20,21)16-10-4-8-14(12-16)9-5-11-22-17(23)13-15-6-2-1-3-7-15/h1-4,6-8,10,12H,11,13H2,(H,22,23). The van der Waals surface area contributed by atoms with Gasteiger partial charge < -0.3 is 5.32 Å². The smallest absolute Gasteiger partial charge is 0.345 e.